The average molecular weight is 158 g/mol. The van der Waals surface area contributed by atoms with Crippen molar-refractivity contribution in [2.75, 3.05) is 0 Å². The van der Waals surface area contributed by atoms with Gasteiger partial charge in [-0.05, 0) is 0 Å². The zero-order valence-electron chi connectivity index (χ0n) is 5.55. The van der Waals surface area contributed by atoms with Gasteiger partial charge in [0.25, 0.3) is 0 Å². The minimum atomic E-state index is -0.797. The molecule has 4 heteroatoms. The van der Waals surface area contributed by atoms with Crippen LogP contribution in [0.15, 0.2) is 5.38 Å². The highest BCUT2D eigenvalue weighted by molar-refractivity contribution is 7.09. The summed E-state index contributed by atoms with van der Waals surface area (Å²) in [6.45, 7) is 1.91. The molecule has 1 rings (SSSR count). The third kappa shape index (κ3) is 1.80. The minimum Gasteiger partial charge on any atom is -0.481 e. The number of carboxylic acid groups (broad SMARTS) is 1. The maximum Gasteiger partial charge on any atom is 0.314 e. The molecule has 1 heterocycles. The van der Waals surface area contributed by atoms with E-state index in [1.54, 1.807) is 0 Å². The molecule has 0 atom stereocenters. The summed E-state index contributed by atoms with van der Waals surface area (Å²) in [5.74, 6) is -0.797. The quantitative estimate of drug-likeness (QED) is 0.681. The summed E-state index contributed by atoms with van der Waals surface area (Å²) in [6, 6.07) is 0. The van der Waals surface area contributed by atoms with Crippen molar-refractivity contribution in [1.82, 2.24) is 0 Å². The molecule has 0 saturated carbocycles. The molecule has 0 fully saturated rings. The number of H-pyrrole nitrogens is 1. The van der Waals surface area contributed by atoms with Crippen LogP contribution in [0, 0.1) is 6.92 Å². The third-order valence-corrected chi connectivity index (χ3v) is 1.91. The van der Waals surface area contributed by atoms with E-state index < -0.39 is 5.97 Å². The van der Waals surface area contributed by atoms with Gasteiger partial charge in [-0.2, -0.15) is 0 Å². The van der Waals surface area contributed by atoms with Gasteiger partial charge in [-0.1, -0.05) is 11.3 Å². The lowest BCUT2D eigenvalue weighted by atomic mass is 10.3. The van der Waals surface area contributed by atoms with Crippen molar-refractivity contribution in [1.29, 1.82) is 0 Å². The molecule has 0 unspecified atom stereocenters. The smallest absolute Gasteiger partial charge is 0.314 e. The second-order valence-corrected chi connectivity index (χ2v) is 3.10. The van der Waals surface area contributed by atoms with Crippen LogP contribution in [0.25, 0.3) is 0 Å². The second-order valence-electron chi connectivity index (χ2n) is 2.01. The minimum absolute atomic E-state index is 0.0876. The number of aliphatic carboxylic acids is 1. The summed E-state index contributed by atoms with van der Waals surface area (Å²) >= 11 is 1.53. The number of aryl methyl sites for hydroxylation is 1. The zero-order chi connectivity index (χ0) is 7.56. The van der Waals surface area contributed by atoms with Crippen LogP contribution in [0.2, 0.25) is 0 Å². The molecule has 1 aromatic rings. The van der Waals surface area contributed by atoms with E-state index in [1.807, 2.05) is 12.3 Å². The molecule has 10 heavy (non-hydrogen) atoms. The van der Waals surface area contributed by atoms with Gasteiger partial charge in [0.15, 0.2) is 0 Å². The number of thiazole rings is 1. The molecule has 0 aliphatic rings. The fraction of sp³-hybridized carbons (Fsp3) is 0.333. The molecule has 3 nitrogen and oxygen atoms in total. The van der Waals surface area contributed by atoms with Crippen LogP contribution >= 0.6 is 11.3 Å². The summed E-state index contributed by atoms with van der Waals surface area (Å²) in [7, 11) is 0. The van der Waals surface area contributed by atoms with Gasteiger partial charge in [0.1, 0.15) is 6.42 Å². The summed E-state index contributed by atoms with van der Waals surface area (Å²) in [5, 5.41) is 11.2. The number of rotatable bonds is 2. The molecule has 0 aliphatic heterocycles. The van der Waals surface area contributed by atoms with Crippen LogP contribution in [0.1, 0.15) is 10.7 Å². The number of hydrogen-bond acceptors (Lipinski definition) is 2. The van der Waals surface area contributed by atoms with Gasteiger partial charge in [-0.3, -0.25) is 4.79 Å². The van der Waals surface area contributed by atoms with Crippen molar-refractivity contribution >= 4 is 17.3 Å². The molecule has 0 amide bonds. The number of hydrogen-bond donors (Lipinski definition) is 1. The summed E-state index contributed by atoms with van der Waals surface area (Å²) in [6.07, 6.45) is 0.0876. The SMILES string of the molecule is Cc1[nH+]c(CC(=O)O)cs1. The van der Waals surface area contributed by atoms with Crippen molar-refractivity contribution in [3.05, 3.63) is 16.1 Å². The first-order valence-electron chi connectivity index (χ1n) is 2.86. The largest absolute Gasteiger partial charge is 0.481 e. The molecule has 0 aliphatic carbocycles. The normalized spacial score (nSPS) is 9.70. The molecule has 1 aromatic heterocycles. The zero-order valence-corrected chi connectivity index (χ0v) is 6.36. The highest BCUT2D eigenvalue weighted by Gasteiger charge is 2.09. The van der Waals surface area contributed by atoms with Crippen molar-refractivity contribution in [2.24, 2.45) is 0 Å². The monoisotopic (exact) mass is 158 g/mol. The first-order chi connectivity index (χ1) is 4.68. The van der Waals surface area contributed by atoms with Crippen LogP contribution in [0.3, 0.4) is 0 Å². The molecule has 54 valence electrons. The molecular formula is C6H8NO2S+. The Balaban J connectivity index is 2.67. The third-order valence-electron chi connectivity index (χ3n) is 1.06. The molecular weight excluding hydrogens is 150 g/mol. The Morgan fingerprint density at radius 2 is 2.60 bits per heavy atom. The maximum atomic E-state index is 10.2. The van der Waals surface area contributed by atoms with Crippen molar-refractivity contribution in [3.63, 3.8) is 0 Å². The Bertz CT molecular complexity index is 244. The summed E-state index contributed by atoms with van der Waals surface area (Å²) in [4.78, 5) is 13.1. The first-order valence-corrected chi connectivity index (χ1v) is 3.74. The van der Waals surface area contributed by atoms with Gasteiger partial charge in [-0.15, -0.1) is 0 Å². The van der Waals surface area contributed by atoms with Crippen LogP contribution in [0.5, 0.6) is 0 Å². The van der Waals surface area contributed by atoms with Crippen molar-refractivity contribution in [2.45, 2.75) is 13.3 Å². The molecule has 0 aromatic carbocycles. The Labute approximate surface area is 62.3 Å². The number of aromatic nitrogens is 1. The summed E-state index contributed by atoms with van der Waals surface area (Å²) < 4.78 is 0. The van der Waals surface area contributed by atoms with Crippen molar-refractivity contribution in [3.8, 4) is 0 Å². The van der Waals surface area contributed by atoms with E-state index >= 15 is 0 Å². The van der Waals surface area contributed by atoms with E-state index in [1.165, 1.54) is 11.3 Å². The van der Waals surface area contributed by atoms with Gasteiger partial charge < -0.3 is 5.11 Å². The van der Waals surface area contributed by atoms with Crippen molar-refractivity contribution < 1.29 is 14.9 Å². The van der Waals surface area contributed by atoms with Crippen LogP contribution in [0.4, 0.5) is 0 Å². The lowest BCUT2D eigenvalue weighted by Gasteiger charge is -1.79. The molecule has 0 spiro atoms. The van der Waals surface area contributed by atoms with Gasteiger partial charge in [0.05, 0.1) is 5.38 Å². The average Bonchev–Trinajstić information content (AvgIpc) is 2.13. The van der Waals surface area contributed by atoms with Crippen LogP contribution in [-0.2, 0) is 11.2 Å². The predicted octanol–water partition coefficient (Wildman–Crippen LogP) is 0.498. The van der Waals surface area contributed by atoms with Crippen LogP contribution < -0.4 is 4.98 Å². The molecule has 0 saturated heterocycles. The van der Waals surface area contributed by atoms with Gasteiger partial charge in [0, 0.05) is 6.92 Å². The first kappa shape index (κ1) is 7.21. The number of carboxylic acids is 1. The second kappa shape index (κ2) is 2.79. The van der Waals surface area contributed by atoms with E-state index in [0.717, 1.165) is 10.7 Å². The Kier molecular flexibility index (Phi) is 2.01. The Morgan fingerprint density at radius 3 is 3.00 bits per heavy atom. The maximum absolute atomic E-state index is 10.2. The highest BCUT2D eigenvalue weighted by Crippen LogP contribution is 2.02. The van der Waals surface area contributed by atoms with E-state index in [9.17, 15) is 4.79 Å². The molecule has 2 N–H and O–H groups in total. The highest BCUT2D eigenvalue weighted by atomic mass is 32.1. The van der Waals surface area contributed by atoms with E-state index in [-0.39, 0.29) is 6.42 Å². The number of nitrogens with one attached hydrogen (secondary N) is 1. The topological polar surface area (TPSA) is 51.4 Å². The number of aromatic amines is 1. The Hall–Kier alpha value is -0.900. The lowest BCUT2D eigenvalue weighted by Crippen LogP contribution is -2.12. The summed E-state index contributed by atoms with van der Waals surface area (Å²) in [5.41, 5.74) is 0.773. The van der Waals surface area contributed by atoms with E-state index in [0.29, 0.717) is 0 Å². The van der Waals surface area contributed by atoms with Gasteiger partial charge >= 0.3 is 5.97 Å². The lowest BCUT2D eigenvalue weighted by molar-refractivity contribution is -0.390. The van der Waals surface area contributed by atoms with Gasteiger partial charge in [0.2, 0.25) is 10.7 Å². The molecule has 0 bridgehead atoms. The fourth-order valence-corrected chi connectivity index (χ4v) is 1.34. The van der Waals surface area contributed by atoms with E-state index in [4.69, 9.17) is 5.11 Å². The Morgan fingerprint density at radius 1 is 1.90 bits per heavy atom. The fourth-order valence-electron chi connectivity index (χ4n) is 0.693. The molecule has 0 radical (unpaired) electrons. The number of carbonyl (C=O) groups is 1. The van der Waals surface area contributed by atoms with Gasteiger partial charge in [-0.25, -0.2) is 4.98 Å². The van der Waals surface area contributed by atoms with E-state index in [2.05, 4.69) is 4.98 Å². The predicted molar refractivity (Wildman–Crippen MR) is 37.0 cm³/mol. The standard InChI is InChI=1S/C6H7NO2S/c1-4-7-5(3-10-4)2-6(8)9/h3H,2H2,1H3,(H,8,9)/p+1. The van der Waals surface area contributed by atoms with Crippen LogP contribution in [-0.4, -0.2) is 11.1 Å².